The standard InChI is InChI=1S/C8H13NOS/c9-5-7(6-10)4-8-2-1-3-11-8/h1-3,7,10H,4-6,9H2/t7-/m1/s1. The average molecular weight is 171 g/mol. The van der Waals surface area contributed by atoms with E-state index in [2.05, 4.69) is 6.07 Å². The molecule has 3 N–H and O–H groups in total. The lowest BCUT2D eigenvalue weighted by atomic mass is 10.1. The fourth-order valence-electron chi connectivity index (χ4n) is 0.936. The average Bonchev–Trinajstić information content (AvgIpc) is 2.52. The second-order valence-corrected chi connectivity index (χ2v) is 3.60. The molecule has 1 aromatic heterocycles. The van der Waals surface area contributed by atoms with Gasteiger partial charge in [-0.1, -0.05) is 6.07 Å². The Balaban J connectivity index is 2.41. The smallest absolute Gasteiger partial charge is 0.0474 e. The van der Waals surface area contributed by atoms with Crippen molar-refractivity contribution in [2.45, 2.75) is 6.42 Å². The predicted molar refractivity (Wildman–Crippen MR) is 47.7 cm³/mol. The van der Waals surface area contributed by atoms with Crippen molar-refractivity contribution in [1.82, 2.24) is 0 Å². The van der Waals surface area contributed by atoms with Crippen LogP contribution in [0.15, 0.2) is 17.5 Å². The first-order valence-electron chi connectivity index (χ1n) is 3.70. The minimum absolute atomic E-state index is 0.189. The molecule has 0 aliphatic rings. The number of hydrogen-bond donors (Lipinski definition) is 2. The molecule has 0 aliphatic carbocycles. The molecule has 0 saturated carbocycles. The third-order valence-electron chi connectivity index (χ3n) is 1.66. The Morgan fingerprint density at radius 3 is 2.91 bits per heavy atom. The van der Waals surface area contributed by atoms with Gasteiger partial charge in [-0.3, -0.25) is 0 Å². The van der Waals surface area contributed by atoms with Gasteiger partial charge in [0.25, 0.3) is 0 Å². The van der Waals surface area contributed by atoms with E-state index in [0.29, 0.717) is 6.54 Å². The molecule has 1 atom stereocenters. The molecule has 62 valence electrons. The first kappa shape index (κ1) is 8.71. The summed E-state index contributed by atoms with van der Waals surface area (Å²) in [5.74, 6) is 0.230. The summed E-state index contributed by atoms with van der Waals surface area (Å²) in [6.07, 6.45) is 0.907. The third-order valence-corrected chi connectivity index (χ3v) is 2.56. The molecule has 1 rings (SSSR count). The van der Waals surface area contributed by atoms with Crippen molar-refractivity contribution >= 4 is 11.3 Å². The SMILES string of the molecule is NC[C@H](CO)Cc1cccs1. The number of hydrogen-bond acceptors (Lipinski definition) is 3. The van der Waals surface area contributed by atoms with E-state index in [0.717, 1.165) is 6.42 Å². The Hall–Kier alpha value is -0.380. The van der Waals surface area contributed by atoms with Crippen LogP contribution in [0.1, 0.15) is 4.88 Å². The fraction of sp³-hybridized carbons (Fsp3) is 0.500. The van der Waals surface area contributed by atoms with Crippen molar-refractivity contribution in [3.8, 4) is 0 Å². The zero-order valence-corrected chi connectivity index (χ0v) is 7.18. The van der Waals surface area contributed by atoms with Gasteiger partial charge in [0.1, 0.15) is 0 Å². The molecular formula is C8H13NOS. The molecule has 0 unspecified atom stereocenters. The lowest BCUT2D eigenvalue weighted by Crippen LogP contribution is -2.19. The third kappa shape index (κ3) is 2.61. The van der Waals surface area contributed by atoms with Gasteiger partial charge >= 0.3 is 0 Å². The maximum Gasteiger partial charge on any atom is 0.0474 e. The Bertz CT molecular complexity index is 182. The zero-order chi connectivity index (χ0) is 8.10. The van der Waals surface area contributed by atoms with E-state index in [-0.39, 0.29) is 12.5 Å². The molecular weight excluding hydrogens is 158 g/mol. The van der Waals surface area contributed by atoms with E-state index < -0.39 is 0 Å². The molecule has 0 spiro atoms. The molecule has 0 saturated heterocycles. The van der Waals surface area contributed by atoms with Crippen LogP contribution >= 0.6 is 11.3 Å². The van der Waals surface area contributed by atoms with E-state index in [9.17, 15) is 0 Å². The highest BCUT2D eigenvalue weighted by Crippen LogP contribution is 2.13. The summed E-state index contributed by atoms with van der Waals surface area (Å²) in [6, 6.07) is 4.09. The van der Waals surface area contributed by atoms with Crippen molar-refractivity contribution in [1.29, 1.82) is 0 Å². The summed E-state index contributed by atoms with van der Waals surface area (Å²) in [5.41, 5.74) is 5.44. The Morgan fingerprint density at radius 1 is 1.64 bits per heavy atom. The van der Waals surface area contributed by atoms with E-state index in [1.54, 1.807) is 11.3 Å². The molecule has 0 radical (unpaired) electrons. The molecule has 0 bridgehead atoms. The van der Waals surface area contributed by atoms with Crippen molar-refractivity contribution in [3.05, 3.63) is 22.4 Å². The molecule has 0 aromatic carbocycles. The predicted octanol–water partition coefficient (Wildman–Crippen LogP) is 0.858. The highest BCUT2D eigenvalue weighted by atomic mass is 32.1. The van der Waals surface area contributed by atoms with Gasteiger partial charge in [0.2, 0.25) is 0 Å². The first-order valence-corrected chi connectivity index (χ1v) is 4.58. The number of nitrogens with two attached hydrogens (primary N) is 1. The van der Waals surface area contributed by atoms with Crippen molar-refractivity contribution < 1.29 is 5.11 Å². The summed E-state index contributed by atoms with van der Waals surface area (Å²) < 4.78 is 0. The minimum Gasteiger partial charge on any atom is -0.396 e. The van der Waals surface area contributed by atoms with Crippen LogP contribution in [0.5, 0.6) is 0 Å². The normalized spacial score (nSPS) is 13.3. The van der Waals surface area contributed by atoms with Gasteiger partial charge in [0.15, 0.2) is 0 Å². The fourth-order valence-corrected chi connectivity index (χ4v) is 1.76. The maximum absolute atomic E-state index is 8.85. The van der Waals surface area contributed by atoms with Crippen LogP contribution in [0.4, 0.5) is 0 Å². The molecule has 3 heteroatoms. The van der Waals surface area contributed by atoms with Gasteiger partial charge in [-0.05, 0) is 30.3 Å². The van der Waals surface area contributed by atoms with E-state index in [4.69, 9.17) is 10.8 Å². The quantitative estimate of drug-likeness (QED) is 0.705. The Kier molecular flexibility index (Phi) is 3.56. The van der Waals surface area contributed by atoms with E-state index >= 15 is 0 Å². The largest absolute Gasteiger partial charge is 0.396 e. The number of aliphatic hydroxyl groups is 1. The van der Waals surface area contributed by atoms with E-state index in [1.165, 1.54) is 4.88 Å². The summed E-state index contributed by atoms with van der Waals surface area (Å²) in [5, 5.41) is 10.9. The second kappa shape index (κ2) is 4.49. The van der Waals surface area contributed by atoms with Gasteiger partial charge < -0.3 is 10.8 Å². The van der Waals surface area contributed by atoms with Crippen LogP contribution in [0.2, 0.25) is 0 Å². The van der Waals surface area contributed by atoms with Crippen molar-refractivity contribution in [2.24, 2.45) is 11.7 Å². The minimum atomic E-state index is 0.189. The number of thiophene rings is 1. The lowest BCUT2D eigenvalue weighted by molar-refractivity contribution is 0.230. The molecule has 0 fully saturated rings. The van der Waals surface area contributed by atoms with Crippen LogP contribution in [-0.2, 0) is 6.42 Å². The van der Waals surface area contributed by atoms with Gasteiger partial charge in [0, 0.05) is 11.5 Å². The van der Waals surface area contributed by atoms with Crippen LogP contribution in [0, 0.1) is 5.92 Å². The maximum atomic E-state index is 8.85. The second-order valence-electron chi connectivity index (χ2n) is 2.57. The number of rotatable bonds is 4. The van der Waals surface area contributed by atoms with Crippen LogP contribution in [0.3, 0.4) is 0 Å². The topological polar surface area (TPSA) is 46.2 Å². The monoisotopic (exact) mass is 171 g/mol. The Labute approximate surface area is 70.7 Å². The van der Waals surface area contributed by atoms with Crippen LogP contribution in [-0.4, -0.2) is 18.3 Å². The first-order chi connectivity index (χ1) is 5.36. The molecule has 0 aliphatic heterocycles. The highest BCUT2D eigenvalue weighted by molar-refractivity contribution is 7.09. The number of aliphatic hydroxyl groups excluding tert-OH is 1. The van der Waals surface area contributed by atoms with Crippen molar-refractivity contribution in [3.63, 3.8) is 0 Å². The van der Waals surface area contributed by atoms with Crippen LogP contribution < -0.4 is 5.73 Å². The molecule has 11 heavy (non-hydrogen) atoms. The zero-order valence-electron chi connectivity index (χ0n) is 6.36. The molecule has 1 aromatic rings. The summed E-state index contributed by atoms with van der Waals surface area (Å²) in [4.78, 5) is 1.30. The van der Waals surface area contributed by atoms with Crippen molar-refractivity contribution in [2.75, 3.05) is 13.2 Å². The van der Waals surface area contributed by atoms with Gasteiger partial charge in [0.05, 0.1) is 0 Å². The van der Waals surface area contributed by atoms with Crippen LogP contribution in [0.25, 0.3) is 0 Å². The molecule has 1 heterocycles. The van der Waals surface area contributed by atoms with Gasteiger partial charge in [-0.25, -0.2) is 0 Å². The van der Waals surface area contributed by atoms with Gasteiger partial charge in [-0.15, -0.1) is 11.3 Å². The summed E-state index contributed by atoms with van der Waals surface area (Å²) in [7, 11) is 0. The summed E-state index contributed by atoms with van der Waals surface area (Å²) in [6.45, 7) is 0.753. The molecule has 0 amide bonds. The Morgan fingerprint density at radius 2 is 2.45 bits per heavy atom. The van der Waals surface area contributed by atoms with Gasteiger partial charge in [-0.2, -0.15) is 0 Å². The molecule has 2 nitrogen and oxygen atoms in total. The summed E-state index contributed by atoms with van der Waals surface area (Å²) >= 11 is 1.72. The van der Waals surface area contributed by atoms with E-state index in [1.807, 2.05) is 11.4 Å². The highest BCUT2D eigenvalue weighted by Gasteiger charge is 2.05. The lowest BCUT2D eigenvalue weighted by Gasteiger charge is -2.08.